The van der Waals surface area contributed by atoms with E-state index in [4.69, 9.17) is 5.73 Å². The molecule has 0 aliphatic carbocycles. The quantitative estimate of drug-likeness (QED) is 0.472. The highest BCUT2D eigenvalue weighted by Gasteiger charge is 2.25. The van der Waals surface area contributed by atoms with Gasteiger partial charge in [-0.3, -0.25) is 19.1 Å². The zero-order chi connectivity index (χ0) is 23.3. The second-order valence-electron chi connectivity index (χ2n) is 8.18. The first-order valence-corrected chi connectivity index (χ1v) is 11.4. The van der Waals surface area contributed by atoms with Crippen molar-refractivity contribution in [2.75, 3.05) is 17.2 Å². The van der Waals surface area contributed by atoms with E-state index >= 15 is 0 Å². The number of nitrogens with one attached hydrogen (secondary N) is 1. The fraction of sp³-hybridized carbons (Fsp3) is 0.458. The van der Waals surface area contributed by atoms with E-state index in [2.05, 4.69) is 11.9 Å². The molecule has 172 valence electrons. The Kier molecular flexibility index (Phi) is 7.56. The highest BCUT2D eigenvalue weighted by Crippen LogP contribution is 2.22. The number of nitrogen functional groups attached to an aromatic ring is 1. The number of para-hydroxylation sites is 1. The molecule has 0 atom stereocenters. The minimum absolute atomic E-state index is 0.0473. The SMILES string of the molecule is CCCCCN(C(=O)Cn1c(C)cc2ccccc21)c1c(N)n(CCCC)c(=O)[nH]c1=O. The largest absolute Gasteiger partial charge is 0.383 e. The van der Waals surface area contributed by atoms with Gasteiger partial charge in [-0.2, -0.15) is 0 Å². The van der Waals surface area contributed by atoms with Crippen LogP contribution in [0.1, 0.15) is 51.6 Å². The van der Waals surface area contributed by atoms with Gasteiger partial charge in [-0.05, 0) is 37.3 Å². The van der Waals surface area contributed by atoms with Crippen LogP contribution >= 0.6 is 0 Å². The summed E-state index contributed by atoms with van der Waals surface area (Å²) in [4.78, 5) is 42.5. The zero-order valence-electron chi connectivity index (χ0n) is 19.2. The lowest BCUT2D eigenvalue weighted by molar-refractivity contribution is -0.119. The molecule has 0 saturated heterocycles. The number of aromatic amines is 1. The maximum Gasteiger partial charge on any atom is 0.330 e. The van der Waals surface area contributed by atoms with Crippen LogP contribution in [-0.2, 0) is 17.9 Å². The van der Waals surface area contributed by atoms with Crippen molar-refractivity contribution in [3.63, 3.8) is 0 Å². The summed E-state index contributed by atoms with van der Waals surface area (Å²) in [5, 5.41) is 1.06. The molecule has 0 saturated carbocycles. The summed E-state index contributed by atoms with van der Waals surface area (Å²) in [5.74, 6) is -0.186. The minimum atomic E-state index is -0.626. The maximum atomic E-state index is 13.5. The lowest BCUT2D eigenvalue weighted by Gasteiger charge is -2.25. The number of rotatable bonds is 10. The zero-order valence-corrected chi connectivity index (χ0v) is 19.2. The molecule has 8 heteroatoms. The van der Waals surface area contributed by atoms with Gasteiger partial charge in [0.15, 0.2) is 5.69 Å². The van der Waals surface area contributed by atoms with E-state index in [1.54, 1.807) is 0 Å². The van der Waals surface area contributed by atoms with Crippen molar-refractivity contribution < 1.29 is 4.79 Å². The molecular weight excluding hydrogens is 406 g/mol. The van der Waals surface area contributed by atoms with Crippen molar-refractivity contribution in [2.45, 2.75) is 66.0 Å². The van der Waals surface area contributed by atoms with Crippen LogP contribution in [0.15, 0.2) is 39.9 Å². The smallest absolute Gasteiger partial charge is 0.330 e. The number of aromatic nitrogens is 3. The molecule has 0 aliphatic heterocycles. The number of anilines is 2. The minimum Gasteiger partial charge on any atom is -0.383 e. The monoisotopic (exact) mass is 439 g/mol. The molecule has 0 aliphatic rings. The van der Waals surface area contributed by atoms with E-state index in [9.17, 15) is 14.4 Å². The van der Waals surface area contributed by atoms with Crippen molar-refractivity contribution in [1.82, 2.24) is 14.1 Å². The molecule has 0 fully saturated rings. The van der Waals surface area contributed by atoms with Crippen molar-refractivity contribution in [1.29, 1.82) is 0 Å². The number of benzene rings is 1. The van der Waals surface area contributed by atoms with Gasteiger partial charge in [-0.25, -0.2) is 4.79 Å². The number of hydrogen-bond donors (Lipinski definition) is 2. The average molecular weight is 440 g/mol. The number of carbonyl (C=O) groups excluding carboxylic acids is 1. The molecule has 3 rings (SSSR count). The number of H-pyrrole nitrogens is 1. The molecule has 0 spiro atoms. The van der Waals surface area contributed by atoms with Crippen LogP contribution in [0.25, 0.3) is 10.9 Å². The van der Waals surface area contributed by atoms with E-state index in [1.807, 2.05) is 48.7 Å². The molecule has 0 unspecified atom stereocenters. The summed E-state index contributed by atoms with van der Waals surface area (Å²) in [5.41, 5.74) is 7.12. The van der Waals surface area contributed by atoms with Gasteiger partial charge >= 0.3 is 5.69 Å². The Morgan fingerprint density at radius 1 is 1.06 bits per heavy atom. The molecular formula is C24H33N5O3. The summed E-state index contributed by atoms with van der Waals surface area (Å²) < 4.78 is 3.30. The number of fused-ring (bicyclic) bond motifs is 1. The van der Waals surface area contributed by atoms with Crippen LogP contribution in [-0.4, -0.2) is 26.6 Å². The van der Waals surface area contributed by atoms with Crippen molar-refractivity contribution in [2.24, 2.45) is 0 Å². The van der Waals surface area contributed by atoms with Gasteiger partial charge in [-0.1, -0.05) is 51.3 Å². The number of amides is 1. The lowest BCUT2D eigenvalue weighted by Crippen LogP contribution is -2.43. The Bertz CT molecular complexity index is 1200. The first kappa shape index (κ1) is 23.4. The summed E-state index contributed by atoms with van der Waals surface area (Å²) in [6.45, 7) is 6.89. The number of hydrogen-bond acceptors (Lipinski definition) is 4. The molecule has 32 heavy (non-hydrogen) atoms. The van der Waals surface area contributed by atoms with Gasteiger partial charge in [0, 0.05) is 24.3 Å². The molecule has 8 nitrogen and oxygen atoms in total. The summed E-state index contributed by atoms with van der Waals surface area (Å²) >= 11 is 0. The number of unbranched alkanes of at least 4 members (excludes halogenated alkanes) is 3. The fourth-order valence-electron chi connectivity index (χ4n) is 4.04. The predicted octanol–water partition coefficient (Wildman–Crippen LogP) is 3.41. The molecule has 0 radical (unpaired) electrons. The summed E-state index contributed by atoms with van der Waals surface area (Å²) in [6, 6.07) is 9.92. The third-order valence-corrected chi connectivity index (χ3v) is 5.82. The summed E-state index contributed by atoms with van der Waals surface area (Å²) in [7, 11) is 0. The third-order valence-electron chi connectivity index (χ3n) is 5.82. The Hall–Kier alpha value is -3.29. The van der Waals surface area contributed by atoms with Gasteiger partial charge in [0.2, 0.25) is 5.91 Å². The predicted molar refractivity (Wildman–Crippen MR) is 129 cm³/mol. The van der Waals surface area contributed by atoms with E-state index < -0.39 is 11.2 Å². The van der Waals surface area contributed by atoms with Crippen LogP contribution in [0.2, 0.25) is 0 Å². The summed E-state index contributed by atoms with van der Waals surface area (Å²) in [6.07, 6.45) is 4.25. The topological polar surface area (TPSA) is 106 Å². The number of aryl methyl sites for hydroxylation is 1. The van der Waals surface area contributed by atoms with Crippen molar-refractivity contribution >= 4 is 28.3 Å². The molecule has 2 aromatic heterocycles. The highest BCUT2D eigenvalue weighted by molar-refractivity contribution is 5.96. The molecule has 2 heterocycles. The fourth-order valence-corrected chi connectivity index (χ4v) is 4.04. The standard InChI is InChI=1S/C24H33N5O3/c1-4-6-10-14-27(21-22(25)28(13-7-5-2)24(32)26-23(21)31)20(30)16-29-17(3)15-18-11-8-9-12-19(18)29/h8-9,11-12,15H,4-7,10,13-14,16,25H2,1-3H3,(H,26,31,32). The second-order valence-corrected chi connectivity index (χ2v) is 8.18. The molecule has 3 N–H and O–H groups in total. The normalized spacial score (nSPS) is 11.2. The first-order chi connectivity index (χ1) is 15.4. The third kappa shape index (κ3) is 4.79. The first-order valence-electron chi connectivity index (χ1n) is 11.4. The van der Waals surface area contributed by atoms with Crippen LogP contribution in [0.4, 0.5) is 11.5 Å². The average Bonchev–Trinajstić information content (AvgIpc) is 3.07. The van der Waals surface area contributed by atoms with E-state index in [0.717, 1.165) is 48.7 Å². The van der Waals surface area contributed by atoms with Crippen LogP contribution in [0, 0.1) is 6.92 Å². The Balaban J connectivity index is 2.03. The second kappa shape index (κ2) is 10.3. The van der Waals surface area contributed by atoms with Gasteiger partial charge in [-0.15, -0.1) is 0 Å². The lowest BCUT2D eigenvalue weighted by atomic mass is 10.2. The number of nitrogens with zero attached hydrogens (tertiary/aromatic N) is 3. The van der Waals surface area contributed by atoms with Gasteiger partial charge in [0.1, 0.15) is 12.4 Å². The molecule has 3 aromatic rings. The molecule has 1 aromatic carbocycles. The Labute approximate surface area is 187 Å². The van der Waals surface area contributed by atoms with Crippen molar-refractivity contribution in [3.05, 3.63) is 56.9 Å². The van der Waals surface area contributed by atoms with E-state index in [-0.39, 0.29) is 24.0 Å². The van der Waals surface area contributed by atoms with Gasteiger partial charge < -0.3 is 15.2 Å². The van der Waals surface area contributed by atoms with Crippen LogP contribution < -0.4 is 21.9 Å². The Morgan fingerprint density at radius 2 is 1.78 bits per heavy atom. The van der Waals surface area contributed by atoms with Gasteiger partial charge in [0.05, 0.1) is 0 Å². The van der Waals surface area contributed by atoms with E-state index in [1.165, 1.54) is 9.47 Å². The highest BCUT2D eigenvalue weighted by atomic mass is 16.2. The molecule has 1 amide bonds. The molecule has 0 bridgehead atoms. The van der Waals surface area contributed by atoms with Crippen LogP contribution in [0.5, 0.6) is 0 Å². The number of carbonyl (C=O) groups is 1. The Morgan fingerprint density at radius 3 is 2.50 bits per heavy atom. The van der Waals surface area contributed by atoms with Crippen molar-refractivity contribution in [3.8, 4) is 0 Å². The van der Waals surface area contributed by atoms with Gasteiger partial charge in [0.25, 0.3) is 5.56 Å². The van der Waals surface area contributed by atoms with E-state index in [0.29, 0.717) is 13.1 Å². The van der Waals surface area contributed by atoms with Crippen LogP contribution in [0.3, 0.4) is 0 Å². The maximum absolute atomic E-state index is 13.5. The number of nitrogens with two attached hydrogens (primary N) is 1.